The predicted octanol–water partition coefficient (Wildman–Crippen LogP) is 3.67. The van der Waals surface area contributed by atoms with Gasteiger partial charge >= 0.3 is 6.09 Å². The Balaban J connectivity index is 1.99. The Hall–Kier alpha value is -1.59. The number of carbonyl (C=O) groups is 1. The van der Waals surface area contributed by atoms with Gasteiger partial charge in [-0.1, -0.05) is 30.3 Å². The van der Waals surface area contributed by atoms with Gasteiger partial charge in [-0.25, -0.2) is 4.79 Å². The number of benzene rings is 1. The number of hydrogen-bond donors (Lipinski definition) is 1. The summed E-state index contributed by atoms with van der Waals surface area (Å²) >= 11 is 0. The van der Waals surface area contributed by atoms with Crippen molar-refractivity contribution in [2.24, 2.45) is 0 Å². The predicted molar refractivity (Wildman–Crippen MR) is 89.2 cm³/mol. The monoisotopic (exact) mass is 320 g/mol. The summed E-state index contributed by atoms with van der Waals surface area (Å²) in [6, 6.07) is 9.65. The van der Waals surface area contributed by atoms with Crippen LogP contribution in [0.25, 0.3) is 0 Å². The van der Waals surface area contributed by atoms with Crippen molar-refractivity contribution in [1.82, 2.24) is 9.96 Å². The molecular weight excluding hydrogens is 292 g/mol. The van der Waals surface area contributed by atoms with E-state index in [4.69, 9.17) is 4.74 Å². The lowest BCUT2D eigenvalue weighted by Crippen LogP contribution is -2.49. The molecule has 0 saturated carbocycles. The molecular formula is C18H28N2O3. The molecule has 0 aliphatic carbocycles. The molecule has 1 aliphatic rings. The van der Waals surface area contributed by atoms with Gasteiger partial charge in [0.15, 0.2) is 0 Å². The highest BCUT2D eigenvalue weighted by Gasteiger charge is 2.37. The fourth-order valence-corrected chi connectivity index (χ4v) is 2.95. The molecule has 1 aromatic carbocycles. The van der Waals surface area contributed by atoms with Crippen LogP contribution in [0.4, 0.5) is 4.79 Å². The van der Waals surface area contributed by atoms with Crippen LogP contribution in [0, 0.1) is 0 Å². The minimum absolute atomic E-state index is 0.0291. The van der Waals surface area contributed by atoms with Crippen molar-refractivity contribution in [1.29, 1.82) is 0 Å². The third-order valence-corrected chi connectivity index (χ3v) is 4.14. The summed E-state index contributed by atoms with van der Waals surface area (Å²) in [5, 5.41) is 11.7. The molecule has 1 aromatic rings. The first-order valence-electron chi connectivity index (χ1n) is 8.27. The molecule has 128 valence electrons. The molecule has 0 unspecified atom stereocenters. The van der Waals surface area contributed by atoms with E-state index in [9.17, 15) is 10.0 Å². The van der Waals surface area contributed by atoms with E-state index in [1.54, 1.807) is 4.90 Å². The minimum Gasteiger partial charge on any atom is -0.444 e. The van der Waals surface area contributed by atoms with Crippen LogP contribution in [0.15, 0.2) is 30.3 Å². The molecule has 5 heteroatoms. The number of rotatable bonds is 4. The fourth-order valence-electron chi connectivity index (χ4n) is 2.95. The first-order chi connectivity index (χ1) is 10.8. The summed E-state index contributed by atoms with van der Waals surface area (Å²) in [6.45, 7) is 8.69. The molecule has 1 saturated heterocycles. The summed E-state index contributed by atoms with van der Waals surface area (Å²) in [6.07, 6.45) is 1.53. The van der Waals surface area contributed by atoms with Gasteiger partial charge in [-0.3, -0.25) is 0 Å². The molecule has 5 nitrogen and oxygen atoms in total. The van der Waals surface area contributed by atoms with Crippen LogP contribution in [0.2, 0.25) is 0 Å². The number of nitrogens with zero attached hydrogens (tertiary/aromatic N) is 2. The van der Waals surface area contributed by atoms with E-state index in [0.717, 1.165) is 18.4 Å². The maximum absolute atomic E-state index is 12.4. The number of amides is 1. The SMILES string of the molecule is C[C@H]([C@H]1CCCN1C(=O)OC(C)(C)C)N(O)Cc1ccccc1. The van der Waals surface area contributed by atoms with Crippen molar-refractivity contribution in [3.8, 4) is 0 Å². The van der Waals surface area contributed by atoms with Gasteiger partial charge in [-0.2, -0.15) is 5.06 Å². The van der Waals surface area contributed by atoms with E-state index < -0.39 is 5.60 Å². The zero-order valence-electron chi connectivity index (χ0n) is 14.5. The second-order valence-corrected chi connectivity index (χ2v) is 7.21. The molecule has 1 heterocycles. The van der Waals surface area contributed by atoms with Crippen LogP contribution in [0.1, 0.15) is 46.1 Å². The molecule has 0 radical (unpaired) electrons. The second-order valence-electron chi connectivity index (χ2n) is 7.21. The van der Waals surface area contributed by atoms with E-state index in [1.807, 2.05) is 58.0 Å². The zero-order valence-corrected chi connectivity index (χ0v) is 14.5. The molecule has 23 heavy (non-hydrogen) atoms. The Morgan fingerprint density at radius 3 is 2.65 bits per heavy atom. The van der Waals surface area contributed by atoms with Crippen LogP contribution < -0.4 is 0 Å². The van der Waals surface area contributed by atoms with Crippen molar-refractivity contribution in [2.45, 2.75) is 64.8 Å². The van der Waals surface area contributed by atoms with E-state index in [-0.39, 0.29) is 18.2 Å². The summed E-state index contributed by atoms with van der Waals surface area (Å²) in [4.78, 5) is 14.1. The Morgan fingerprint density at radius 1 is 1.39 bits per heavy atom. The average Bonchev–Trinajstić information content (AvgIpc) is 2.95. The summed E-state index contributed by atoms with van der Waals surface area (Å²) in [5.41, 5.74) is 0.541. The number of hydrogen-bond acceptors (Lipinski definition) is 4. The third-order valence-electron chi connectivity index (χ3n) is 4.14. The highest BCUT2D eigenvalue weighted by molar-refractivity contribution is 5.69. The maximum atomic E-state index is 12.4. The highest BCUT2D eigenvalue weighted by Crippen LogP contribution is 2.25. The molecule has 1 amide bonds. The van der Waals surface area contributed by atoms with Gasteiger partial charge in [0.05, 0.1) is 12.1 Å². The largest absolute Gasteiger partial charge is 0.444 e. The lowest BCUT2D eigenvalue weighted by molar-refractivity contribution is -0.145. The molecule has 0 bridgehead atoms. The van der Waals surface area contributed by atoms with Gasteiger partial charge < -0.3 is 14.8 Å². The number of ether oxygens (including phenoxy) is 1. The van der Waals surface area contributed by atoms with Gasteiger partial charge in [0.1, 0.15) is 5.60 Å². The Labute approximate surface area is 138 Å². The van der Waals surface area contributed by atoms with Crippen LogP contribution in [-0.2, 0) is 11.3 Å². The third kappa shape index (κ3) is 4.94. The fraction of sp³-hybridized carbons (Fsp3) is 0.611. The van der Waals surface area contributed by atoms with Gasteiger partial charge in [0.25, 0.3) is 0 Å². The van der Waals surface area contributed by atoms with E-state index >= 15 is 0 Å². The van der Waals surface area contributed by atoms with Gasteiger partial charge in [-0.15, -0.1) is 0 Å². The Bertz CT molecular complexity index is 513. The Morgan fingerprint density at radius 2 is 2.04 bits per heavy atom. The first-order valence-corrected chi connectivity index (χ1v) is 8.27. The highest BCUT2D eigenvalue weighted by atomic mass is 16.6. The quantitative estimate of drug-likeness (QED) is 0.860. The van der Waals surface area contributed by atoms with E-state index in [2.05, 4.69) is 0 Å². The topological polar surface area (TPSA) is 53.0 Å². The smallest absolute Gasteiger partial charge is 0.410 e. The van der Waals surface area contributed by atoms with Crippen LogP contribution in [-0.4, -0.2) is 45.5 Å². The zero-order chi connectivity index (χ0) is 17.0. The Kier molecular flexibility index (Phi) is 5.65. The van der Waals surface area contributed by atoms with Crippen LogP contribution in [0.5, 0.6) is 0 Å². The number of likely N-dealkylation sites (tertiary alicyclic amines) is 1. The average molecular weight is 320 g/mol. The molecule has 1 aliphatic heterocycles. The summed E-state index contributed by atoms with van der Waals surface area (Å²) < 4.78 is 5.49. The summed E-state index contributed by atoms with van der Waals surface area (Å²) in [7, 11) is 0. The first kappa shape index (κ1) is 17.8. The van der Waals surface area contributed by atoms with Crippen molar-refractivity contribution in [2.75, 3.05) is 6.54 Å². The number of hydroxylamine groups is 2. The van der Waals surface area contributed by atoms with Crippen LogP contribution >= 0.6 is 0 Å². The molecule has 1 fully saturated rings. The van der Waals surface area contributed by atoms with Gasteiger partial charge in [0, 0.05) is 13.1 Å². The lowest BCUT2D eigenvalue weighted by Gasteiger charge is -2.34. The van der Waals surface area contributed by atoms with Gasteiger partial charge in [-0.05, 0) is 46.1 Å². The summed E-state index contributed by atoms with van der Waals surface area (Å²) in [5.74, 6) is 0. The van der Waals surface area contributed by atoms with Crippen molar-refractivity contribution >= 4 is 6.09 Å². The molecule has 1 N–H and O–H groups in total. The van der Waals surface area contributed by atoms with E-state index in [0.29, 0.717) is 13.1 Å². The number of carbonyl (C=O) groups excluding carboxylic acids is 1. The molecule has 0 spiro atoms. The molecule has 2 atom stereocenters. The van der Waals surface area contributed by atoms with Crippen molar-refractivity contribution in [3.05, 3.63) is 35.9 Å². The lowest BCUT2D eigenvalue weighted by atomic mass is 10.1. The van der Waals surface area contributed by atoms with E-state index in [1.165, 1.54) is 5.06 Å². The minimum atomic E-state index is -0.504. The van der Waals surface area contributed by atoms with Gasteiger partial charge in [0.2, 0.25) is 0 Å². The second kappa shape index (κ2) is 7.32. The van der Waals surface area contributed by atoms with Crippen LogP contribution in [0.3, 0.4) is 0 Å². The normalized spacial score (nSPS) is 19.9. The van der Waals surface area contributed by atoms with Crippen molar-refractivity contribution < 1.29 is 14.7 Å². The maximum Gasteiger partial charge on any atom is 0.410 e. The molecule has 0 aromatic heterocycles. The standard InChI is InChI=1S/C18H28N2O3/c1-14(20(22)13-15-9-6-5-7-10-15)16-11-8-12-19(16)17(21)23-18(2,3)4/h5-7,9-10,14,16,22H,8,11-13H2,1-4H3/t14-,16-/m1/s1. The molecule has 2 rings (SSSR count). The van der Waals surface area contributed by atoms with Crippen molar-refractivity contribution in [3.63, 3.8) is 0 Å².